The number of fused-ring (bicyclic) bond motifs is 2. The molecule has 0 unspecified atom stereocenters. The molecule has 2 aliphatic heterocycles. The van der Waals surface area contributed by atoms with Crippen LogP contribution in [0.4, 0.5) is 5.13 Å². The van der Waals surface area contributed by atoms with Gasteiger partial charge in [0.25, 0.3) is 11.8 Å². The monoisotopic (exact) mass is 583 g/mol. The molecule has 3 aromatic rings. The number of imidazole rings is 1. The van der Waals surface area contributed by atoms with E-state index in [1.54, 1.807) is 30.5 Å². The maximum atomic E-state index is 13.1. The SMILES string of the molecule is CC[n+]1ccn2nc(/C=C/C3=C(C(=O)[O-])N4C(=O)[C@@H](NC(=O)/C(=N\OC(C)C)c5nsc(N)n5)[C@H]4SC3)ccc21. The molecule has 3 aromatic heterocycles. The Hall–Kier alpha value is -4.31. The van der Waals surface area contributed by atoms with Gasteiger partial charge in [-0.15, -0.1) is 16.3 Å². The first kappa shape index (κ1) is 27.3. The highest BCUT2D eigenvalue weighted by molar-refractivity contribution is 8.00. The van der Waals surface area contributed by atoms with Crippen molar-refractivity contribution in [3.05, 3.63) is 53.4 Å². The van der Waals surface area contributed by atoms with E-state index in [9.17, 15) is 19.5 Å². The number of carbonyl (C=O) groups is 3. The number of nitrogens with one attached hydrogen (secondary N) is 1. The molecular weight excluding hydrogens is 558 g/mol. The van der Waals surface area contributed by atoms with Gasteiger partial charge in [0.2, 0.25) is 11.5 Å². The van der Waals surface area contributed by atoms with Gasteiger partial charge >= 0.3 is 5.65 Å². The van der Waals surface area contributed by atoms with E-state index in [2.05, 4.69) is 24.9 Å². The number of nitrogens with two attached hydrogens (primary N) is 1. The third kappa shape index (κ3) is 5.14. The molecule has 3 N–H and O–H groups in total. The second-order valence-corrected chi connectivity index (χ2v) is 10.9. The summed E-state index contributed by atoms with van der Waals surface area (Å²) < 4.78 is 7.77. The molecule has 2 aliphatic rings. The number of anilines is 1. The summed E-state index contributed by atoms with van der Waals surface area (Å²) in [4.78, 5) is 48.6. The van der Waals surface area contributed by atoms with Gasteiger partial charge in [0.1, 0.15) is 29.4 Å². The first-order valence-electron chi connectivity index (χ1n) is 12.3. The number of oxime groups is 1. The maximum Gasteiger partial charge on any atom is 0.307 e. The normalized spacial score (nSPS) is 19.4. The van der Waals surface area contributed by atoms with Gasteiger partial charge in [-0.3, -0.25) is 14.5 Å². The van der Waals surface area contributed by atoms with Crippen molar-refractivity contribution in [1.29, 1.82) is 0 Å². The number of aromatic nitrogens is 5. The summed E-state index contributed by atoms with van der Waals surface area (Å²) in [6, 6.07) is 2.74. The van der Waals surface area contributed by atoms with Crippen LogP contribution in [-0.2, 0) is 25.8 Å². The second-order valence-electron chi connectivity index (χ2n) is 9.05. The predicted molar refractivity (Wildman–Crippen MR) is 144 cm³/mol. The van der Waals surface area contributed by atoms with Crippen LogP contribution in [0.2, 0.25) is 0 Å². The minimum Gasteiger partial charge on any atom is -0.543 e. The average Bonchev–Trinajstić information content (AvgIpc) is 3.55. The highest BCUT2D eigenvalue weighted by atomic mass is 32.2. The van der Waals surface area contributed by atoms with Gasteiger partial charge in [-0.05, 0) is 38.5 Å². The van der Waals surface area contributed by atoms with Crippen LogP contribution in [0, 0.1) is 0 Å². The molecule has 14 nitrogen and oxygen atoms in total. The van der Waals surface area contributed by atoms with Crippen LogP contribution in [0.15, 0.2) is 47.0 Å². The molecule has 2 atom stereocenters. The van der Waals surface area contributed by atoms with Crippen LogP contribution in [0.25, 0.3) is 11.7 Å². The number of β-lactam (4-membered cyclic amide) rings is 1. The number of nitrogen functional groups attached to an aromatic ring is 1. The summed E-state index contributed by atoms with van der Waals surface area (Å²) in [5.41, 5.74) is 7.08. The summed E-state index contributed by atoms with van der Waals surface area (Å²) in [6.07, 6.45) is 6.72. The van der Waals surface area contributed by atoms with Crippen molar-refractivity contribution in [3.8, 4) is 0 Å². The molecule has 16 heteroatoms. The topological polar surface area (TPSA) is 184 Å². The predicted octanol–water partition coefficient (Wildman–Crippen LogP) is -0.678. The molecule has 0 bridgehead atoms. The Balaban J connectivity index is 1.35. The highest BCUT2D eigenvalue weighted by Gasteiger charge is 2.53. The number of rotatable bonds is 9. The number of allylic oxidation sites excluding steroid dienone is 1. The fourth-order valence-electron chi connectivity index (χ4n) is 4.19. The van der Waals surface area contributed by atoms with Crippen LogP contribution in [0.5, 0.6) is 0 Å². The summed E-state index contributed by atoms with van der Waals surface area (Å²) in [7, 11) is 0. The van der Waals surface area contributed by atoms with Gasteiger partial charge in [0, 0.05) is 23.4 Å². The van der Waals surface area contributed by atoms with Gasteiger partial charge in [-0.2, -0.15) is 9.36 Å². The number of carboxylic acids is 1. The van der Waals surface area contributed by atoms with E-state index in [-0.39, 0.29) is 34.2 Å². The Bertz CT molecular complexity index is 1590. The number of hydrogen-bond donors (Lipinski definition) is 2. The zero-order valence-corrected chi connectivity index (χ0v) is 23.3. The molecule has 0 aromatic carbocycles. The highest BCUT2D eigenvalue weighted by Crippen LogP contribution is 2.40. The van der Waals surface area contributed by atoms with E-state index in [0.717, 1.165) is 28.6 Å². The Kier molecular flexibility index (Phi) is 7.53. The first-order chi connectivity index (χ1) is 19.2. The largest absolute Gasteiger partial charge is 0.543 e. The minimum absolute atomic E-state index is 0.0421. The number of aliphatic carboxylic acids is 1. The second kappa shape index (κ2) is 11.1. The van der Waals surface area contributed by atoms with Crippen LogP contribution in [0.1, 0.15) is 32.3 Å². The van der Waals surface area contributed by atoms with Crippen molar-refractivity contribution in [3.63, 3.8) is 0 Å². The molecule has 1 saturated heterocycles. The van der Waals surface area contributed by atoms with Crippen LogP contribution < -0.4 is 20.7 Å². The summed E-state index contributed by atoms with van der Waals surface area (Å²) in [6.45, 7) is 6.29. The van der Waals surface area contributed by atoms with E-state index in [1.807, 2.05) is 36.0 Å². The van der Waals surface area contributed by atoms with Crippen molar-refractivity contribution in [2.24, 2.45) is 5.16 Å². The van der Waals surface area contributed by atoms with E-state index in [0.29, 0.717) is 11.3 Å². The van der Waals surface area contributed by atoms with Crippen LogP contribution in [0.3, 0.4) is 0 Å². The van der Waals surface area contributed by atoms with Crippen LogP contribution in [-0.4, -0.2) is 70.6 Å². The summed E-state index contributed by atoms with van der Waals surface area (Å²) >= 11 is 2.19. The smallest absolute Gasteiger partial charge is 0.307 e. The standard InChI is InChI=1S/C24H25N9O5S2/c1-4-31-9-10-32-15(31)8-7-14(28-32)6-5-13-11-39-22-17(21(35)33(22)18(13)23(36)37)26-20(34)16(29-38-12(2)3)19-27-24(25)40-30-19/h5-10,12,17,22H,4,11H2,1-3H3,(H3-,25,26,27,30,34,36,37)/b6-5+,29-16-/t17-,22-/m1/s1. The van der Waals surface area contributed by atoms with E-state index >= 15 is 0 Å². The summed E-state index contributed by atoms with van der Waals surface area (Å²) in [5.74, 6) is -2.61. The third-order valence-electron chi connectivity index (χ3n) is 6.04. The van der Waals surface area contributed by atoms with E-state index in [1.165, 1.54) is 11.8 Å². The Morgan fingerprint density at radius 3 is 2.85 bits per heavy atom. The lowest BCUT2D eigenvalue weighted by atomic mass is 10.0. The number of nitrogens with zero attached hydrogens (tertiary/aromatic N) is 7. The molecular formula is C24H25N9O5S2. The fourth-order valence-corrected chi connectivity index (χ4v) is 5.94. The Morgan fingerprint density at radius 1 is 1.38 bits per heavy atom. The molecule has 5 rings (SSSR count). The lowest BCUT2D eigenvalue weighted by Gasteiger charge is -2.50. The first-order valence-corrected chi connectivity index (χ1v) is 14.1. The molecule has 0 radical (unpaired) electrons. The van der Waals surface area contributed by atoms with Gasteiger partial charge in [-0.1, -0.05) is 16.3 Å². The molecule has 0 spiro atoms. The molecule has 0 saturated carbocycles. The van der Waals surface area contributed by atoms with Crippen molar-refractivity contribution in [1.82, 2.24) is 29.2 Å². The van der Waals surface area contributed by atoms with Crippen molar-refractivity contribution < 1.29 is 28.9 Å². The molecule has 0 aliphatic carbocycles. The van der Waals surface area contributed by atoms with Gasteiger partial charge < -0.3 is 25.8 Å². The Labute approximate surface area is 236 Å². The molecule has 40 heavy (non-hydrogen) atoms. The number of carbonyl (C=O) groups excluding carboxylic acids is 3. The molecule has 208 valence electrons. The number of amides is 2. The number of thioether (sulfide) groups is 1. The summed E-state index contributed by atoms with van der Waals surface area (Å²) in [5, 5.41) is 22.6. The number of hydrogen-bond acceptors (Lipinski definition) is 12. The van der Waals surface area contributed by atoms with Crippen LogP contribution >= 0.6 is 23.3 Å². The van der Waals surface area contributed by atoms with E-state index < -0.39 is 29.2 Å². The maximum absolute atomic E-state index is 13.1. The number of aryl methyl sites for hydroxylation is 1. The third-order valence-corrected chi connectivity index (χ3v) is 7.89. The quantitative estimate of drug-likeness (QED) is 0.142. The van der Waals surface area contributed by atoms with Crippen molar-refractivity contribution >= 4 is 63.6 Å². The zero-order valence-electron chi connectivity index (χ0n) is 21.7. The van der Waals surface area contributed by atoms with Crippen molar-refractivity contribution in [2.75, 3.05) is 11.5 Å². The van der Waals surface area contributed by atoms with Gasteiger partial charge in [0.05, 0.1) is 18.2 Å². The lowest BCUT2D eigenvalue weighted by Crippen LogP contribution is -2.71. The average molecular weight is 584 g/mol. The Morgan fingerprint density at radius 2 is 2.17 bits per heavy atom. The minimum atomic E-state index is -1.49. The van der Waals surface area contributed by atoms with Crippen molar-refractivity contribution in [2.45, 2.75) is 44.8 Å². The zero-order chi connectivity index (χ0) is 28.6. The molecule has 1 fully saturated rings. The molecule has 2 amide bonds. The van der Waals surface area contributed by atoms with Gasteiger partial charge in [-0.25, -0.2) is 4.57 Å². The lowest BCUT2D eigenvalue weighted by molar-refractivity contribution is -0.667. The fraction of sp³-hybridized carbons (Fsp3) is 0.333. The van der Waals surface area contributed by atoms with Gasteiger partial charge in [0.15, 0.2) is 11.3 Å². The molecule has 5 heterocycles. The number of carboxylic acid groups (broad SMARTS) is 1. The van der Waals surface area contributed by atoms with E-state index in [4.69, 9.17) is 10.6 Å².